The Kier molecular flexibility index (Phi) is 7.86. The Labute approximate surface area is 116 Å². The summed E-state index contributed by atoms with van der Waals surface area (Å²) in [5.41, 5.74) is 0.576. The highest BCUT2D eigenvalue weighted by Crippen LogP contribution is 2.32. The molecule has 114 valence electrons. The number of alkyl halides is 2. The van der Waals surface area contributed by atoms with E-state index >= 15 is 0 Å². The van der Waals surface area contributed by atoms with E-state index in [1.165, 1.54) is 7.11 Å². The summed E-state index contributed by atoms with van der Waals surface area (Å²) in [6, 6.07) is 4.95. The average molecular weight is 291 g/mol. The number of hydrogen-bond donors (Lipinski definition) is 2. The molecule has 0 aliphatic carbocycles. The van der Waals surface area contributed by atoms with Gasteiger partial charge in [0.05, 0.1) is 26.9 Å². The van der Waals surface area contributed by atoms with E-state index in [9.17, 15) is 8.78 Å². The summed E-state index contributed by atoms with van der Waals surface area (Å²) in [5.74, 6) is 0.301. The van der Waals surface area contributed by atoms with Gasteiger partial charge < -0.3 is 24.6 Å². The van der Waals surface area contributed by atoms with Gasteiger partial charge in [0.1, 0.15) is 0 Å². The molecule has 0 radical (unpaired) electrons. The van der Waals surface area contributed by atoms with Crippen LogP contribution in [0.15, 0.2) is 18.2 Å². The highest BCUT2D eigenvalue weighted by molar-refractivity contribution is 5.46. The first-order valence-corrected chi connectivity index (χ1v) is 6.19. The van der Waals surface area contributed by atoms with Crippen LogP contribution in [0.3, 0.4) is 0 Å². The first-order chi connectivity index (χ1) is 9.69. The lowest BCUT2D eigenvalue weighted by molar-refractivity contribution is -0.0518. The van der Waals surface area contributed by atoms with Crippen molar-refractivity contribution in [2.45, 2.75) is 13.2 Å². The van der Waals surface area contributed by atoms with Crippen LogP contribution in [0.1, 0.15) is 5.56 Å². The van der Waals surface area contributed by atoms with E-state index in [4.69, 9.17) is 14.6 Å². The molecular formula is C13H19F2NO4. The fraction of sp³-hybridized carbons (Fsp3) is 0.538. The topological polar surface area (TPSA) is 60.0 Å². The number of ether oxygens (including phenoxy) is 3. The molecule has 1 rings (SSSR count). The monoisotopic (exact) mass is 291 g/mol. The largest absolute Gasteiger partial charge is 0.493 e. The minimum Gasteiger partial charge on any atom is -0.493 e. The molecule has 20 heavy (non-hydrogen) atoms. The summed E-state index contributed by atoms with van der Waals surface area (Å²) in [6.07, 6.45) is 0. The molecule has 0 unspecified atom stereocenters. The standard InChI is InChI=1S/C13H19F2NO4/c1-18-11-4-2-3-10(12(11)20-13(14)15)9-16-5-7-19-8-6-17/h2-4,13,16-17H,5-9H2,1H3. The summed E-state index contributed by atoms with van der Waals surface area (Å²) in [7, 11) is 1.40. The lowest BCUT2D eigenvalue weighted by Gasteiger charge is -2.14. The van der Waals surface area contributed by atoms with Crippen molar-refractivity contribution in [3.63, 3.8) is 0 Å². The number of rotatable bonds is 10. The number of methoxy groups -OCH3 is 1. The zero-order valence-electron chi connectivity index (χ0n) is 11.3. The zero-order valence-corrected chi connectivity index (χ0v) is 11.3. The fourth-order valence-electron chi connectivity index (χ4n) is 1.62. The highest BCUT2D eigenvalue weighted by atomic mass is 19.3. The van der Waals surface area contributed by atoms with Crippen molar-refractivity contribution in [2.75, 3.05) is 33.5 Å². The van der Waals surface area contributed by atoms with Gasteiger partial charge in [-0.25, -0.2) is 0 Å². The molecule has 0 saturated carbocycles. The van der Waals surface area contributed by atoms with E-state index in [0.29, 0.717) is 25.3 Å². The number of halogens is 2. The van der Waals surface area contributed by atoms with Crippen LogP contribution in [0.5, 0.6) is 11.5 Å². The molecule has 0 spiro atoms. The fourth-order valence-corrected chi connectivity index (χ4v) is 1.62. The summed E-state index contributed by atoms with van der Waals surface area (Å²) in [5, 5.41) is 11.6. The lowest BCUT2D eigenvalue weighted by Crippen LogP contribution is -2.20. The van der Waals surface area contributed by atoms with Gasteiger partial charge in [0, 0.05) is 18.7 Å². The minimum atomic E-state index is -2.90. The van der Waals surface area contributed by atoms with Crippen LogP contribution in [0.4, 0.5) is 8.78 Å². The SMILES string of the molecule is COc1cccc(CNCCOCCO)c1OC(F)F. The molecule has 0 bridgehead atoms. The van der Waals surface area contributed by atoms with E-state index < -0.39 is 6.61 Å². The maximum Gasteiger partial charge on any atom is 0.387 e. The number of nitrogens with one attached hydrogen (secondary N) is 1. The van der Waals surface area contributed by atoms with Gasteiger partial charge in [-0.05, 0) is 6.07 Å². The van der Waals surface area contributed by atoms with Crippen molar-refractivity contribution in [2.24, 2.45) is 0 Å². The number of benzene rings is 1. The molecule has 0 saturated heterocycles. The molecule has 7 heteroatoms. The Balaban J connectivity index is 2.55. The zero-order chi connectivity index (χ0) is 14.8. The van der Waals surface area contributed by atoms with E-state index in [1.54, 1.807) is 18.2 Å². The maximum absolute atomic E-state index is 12.4. The van der Waals surface area contributed by atoms with Crippen LogP contribution in [0, 0.1) is 0 Å². The Morgan fingerprint density at radius 2 is 2.10 bits per heavy atom. The third-order valence-corrected chi connectivity index (χ3v) is 2.46. The molecule has 1 aromatic rings. The molecule has 0 fully saturated rings. The summed E-state index contributed by atoms with van der Waals surface area (Å²) in [4.78, 5) is 0. The van der Waals surface area contributed by atoms with E-state index in [1.807, 2.05) is 0 Å². The van der Waals surface area contributed by atoms with Crippen molar-refractivity contribution in [3.8, 4) is 11.5 Å². The van der Waals surface area contributed by atoms with Gasteiger partial charge in [-0.1, -0.05) is 12.1 Å². The molecule has 0 heterocycles. The Bertz CT molecular complexity index is 391. The quantitative estimate of drug-likeness (QED) is 0.638. The van der Waals surface area contributed by atoms with Crippen LogP contribution in [-0.2, 0) is 11.3 Å². The molecule has 5 nitrogen and oxygen atoms in total. The Hall–Kier alpha value is -1.44. The predicted octanol–water partition coefficient (Wildman–Crippen LogP) is 1.40. The third kappa shape index (κ3) is 5.68. The molecule has 0 aliphatic rings. The maximum atomic E-state index is 12.4. The molecule has 0 amide bonds. The average Bonchev–Trinajstić information content (AvgIpc) is 2.43. The van der Waals surface area contributed by atoms with Crippen LogP contribution in [0.2, 0.25) is 0 Å². The van der Waals surface area contributed by atoms with Gasteiger partial charge in [0.2, 0.25) is 0 Å². The second kappa shape index (κ2) is 9.46. The second-order valence-electron chi connectivity index (χ2n) is 3.84. The molecular weight excluding hydrogens is 272 g/mol. The number of aliphatic hydroxyl groups excluding tert-OH is 1. The molecule has 1 aromatic carbocycles. The smallest absolute Gasteiger partial charge is 0.387 e. The Morgan fingerprint density at radius 3 is 2.75 bits per heavy atom. The first-order valence-electron chi connectivity index (χ1n) is 6.19. The van der Waals surface area contributed by atoms with Gasteiger partial charge in [-0.2, -0.15) is 8.78 Å². The third-order valence-electron chi connectivity index (χ3n) is 2.46. The number of aliphatic hydroxyl groups is 1. The summed E-state index contributed by atoms with van der Waals surface area (Å²) in [6.45, 7) is -1.34. The minimum absolute atomic E-state index is 0.0255. The summed E-state index contributed by atoms with van der Waals surface area (Å²) < 4.78 is 39.4. The van der Waals surface area contributed by atoms with Gasteiger partial charge in [-0.3, -0.25) is 0 Å². The van der Waals surface area contributed by atoms with Crippen molar-refractivity contribution in [3.05, 3.63) is 23.8 Å². The van der Waals surface area contributed by atoms with Gasteiger partial charge in [-0.15, -0.1) is 0 Å². The molecule has 0 aliphatic heterocycles. The molecule has 0 atom stereocenters. The highest BCUT2D eigenvalue weighted by Gasteiger charge is 2.14. The second-order valence-corrected chi connectivity index (χ2v) is 3.84. The van der Waals surface area contributed by atoms with Crippen LogP contribution in [-0.4, -0.2) is 45.2 Å². The van der Waals surface area contributed by atoms with Crippen molar-refractivity contribution in [1.82, 2.24) is 5.32 Å². The van der Waals surface area contributed by atoms with Gasteiger partial charge in [0.25, 0.3) is 0 Å². The summed E-state index contributed by atoms with van der Waals surface area (Å²) >= 11 is 0. The van der Waals surface area contributed by atoms with E-state index in [0.717, 1.165) is 0 Å². The normalized spacial score (nSPS) is 10.8. The van der Waals surface area contributed by atoms with Crippen LogP contribution in [0.25, 0.3) is 0 Å². The molecule has 0 aromatic heterocycles. The van der Waals surface area contributed by atoms with E-state index in [-0.39, 0.29) is 24.7 Å². The first kappa shape index (κ1) is 16.6. The lowest BCUT2D eigenvalue weighted by atomic mass is 10.2. The number of para-hydroxylation sites is 1. The van der Waals surface area contributed by atoms with E-state index in [2.05, 4.69) is 10.1 Å². The van der Waals surface area contributed by atoms with Gasteiger partial charge in [0.15, 0.2) is 11.5 Å². The van der Waals surface area contributed by atoms with Crippen molar-refractivity contribution in [1.29, 1.82) is 0 Å². The number of hydrogen-bond acceptors (Lipinski definition) is 5. The predicted molar refractivity (Wildman–Crippen MR) is 69.2 cm³/mol. The van der Waals surface area contributed by atoms with Crippen molar-refractivity contribution < 1.29 is 28.1 Å². The van der Waals surface area contributed by atoms with Crippen molar-refractivity contribution >= 4 is 0 Å². The van der Waals surface area contributed by atoms with Gasteiger partial charge >= 0.3 is 6.61 Å². The van der Waals surface area contributed by atoms with Crippen LogP contribution >= 0.6 is 0 Å². The van der Waals surface area contributed by atoms with Crippen LogP contribution < -0.4 is 14.8 Å². The Morgan fingerprint density at radius 1 is 1.30 bits per heavy atom. The molecule has 2 N–H and O–H groups in total.